The number of nitrogens with one attached hydrogen (secondary N) is 2. The molecule has 2 amide bonds. The fourth-order valence-corrected chi connectivity index (χ4v) is 1.91. The van der Waals surface area contributed by atoms with Crippen LogP contribution in [0.2, 0.25) is 0 Å². The fourth-order valence-electron chi connectivity index (χ4n) is 1.91. The highest BCUT2D eigenvalue weighted by atomic mass is 16.5. The number of rotatable bonds is 9. The summed E-state index contributed by atoms with van der Waals surface area (Å²) >= 11 is 0. The van der Waals surface area contributed by atoms with Gasteiger partial charge in [-0.15, -0.1) is 0 Å². The summed E-state index contributed by atoms with van der Waals surface area (Å²) in [7, 11) is 0. The first kappa shape index (κ1) is 17.3. The lowest BCUT2D eigenvalue weighted by Gasteiger charge is -2.27. The molecule has 0 unspecified atom stereocenters. The predicted octanol–water partition coefficient (Wildman–Crippen LogP) is 2.09. The van der Waals surface area contributed by atoms with Crippen LogP contribution in [-0.4, -0.2) is 49.8 Å². The molecule has 0 fully saturated rings. The highest BCUT2D eigenvalue weighted by Crippen LogP contribution is 2.08. The molecule has 0 aromatic heterocycles. The molecule has 5 heteroatoms. The summed E-state index contributed by atoms with van der Waals surface area (Å²) in [5, 5.41) is 6.10. The van der Waals surface area contributed by atoms with Gasteiger partial charge in [0.15, 0.2) is 0 Å². The molecular weight excluding hydrogens is 266 g/mol. The van der Waals surface area contributed by atoms with Crippen LogP contribution in [0.4, 0.5) is 4.79 Å². The second kappa shape index (κ2) is 10.0. The lowest BCUT2D eigenvalue weighted by atomic mass is 10.3. The smallest absolute Gasteiger partial charge is 0.317 e. The summed E-state index contributed by atoms with van der Waals surface area (Å²) in [6, 6.07) is 9.74. The summed E-state index contributed by atoms with van der Waals surface area (Å²) in [5.41, 5.74) is 0. The van der Waals surface area contributed by atoms with E-state index in [1.807, 2.05) is 51.1 Å². The van der Waals surface area contributed by atoms with E-state index in [2.05, 4.69) is 10.6 Å². The number of carbonyl (C=O) groups excluding carboxylic acids is 1. The Morgan fingerprint density at radius 2 is 1.95 bits per heavy atom. The maximum absolute atomic E-state index is 12.1. The SMILES string of the molecule is CCNCCNC(=O)N(CCOc1ccccc1)C(C)C. The maximum Gasteiger partial charge on any atom is 0.317 e. The Morgan fingerprint density at radius 1 is 1.24 bits per heavy atom. The molecule has 21 heavy (non-hydrogen) atoms. The Kier molecular flexibility index (Phi) is 8.28. The van der Waals surface area contributed by atoms with Crippen LogP contribution in [0.3, 0.4) is 0 Å². The molecule has 0 saturated heterocycles. The van der Waals surface area contributed by atoms with E-state index in [0.29, 0.717) is 19.7 Å². The van der Waals surface area contributed by atoms with Crippen molar-refractivity contribution in [3.05, 3.63) is 30.3 Å². The van der Waals surface area contributed by atoms with Gasteiger partial charge in [-0.05, 0) is 32.5 Å². The molecule has 0 spiro atoms. The van der Waals surface area contributed by atoms with Gasteiger partial charge in [-0.2, -0.15) is 0 Å². The minimum atomic E-state index is -0.0421. The third-order valence-corrected chi connectivity index (χ3v) is 3.06. The first-order valence-electron chi connectivity index (χ1n) is 7.58. The van der Waals surface area contributed by atoms with Gasteiger partial charge in [0, 0.05) is 19.1 Å². The van der Waals surface area contributed by atoms with Crippen molar-refractivity contribution in [1.29, 1.82) is 0 Å². The largest absolute Gasteiger partial charge is 0.492 e. The van der Waals surface area contributed by atoms with Crippen LogP contribution in [0.25, 0.3) is 0 Å². The van der Waals surface area contributed by atoms with Crippen molar-refractivity contribution in [2.24, 2.45) is 0 Å². The molecule has 1 aromatic rings. The quantitative estimate of drug-likeness (QED) is 0.686. The van der Waals surface area contributed by atoms with E-state index in [1.165, 1.54) is 0 Å². The Hall–Kier alpha value is -1.75. The fraction of sp³-hybridized carbons (Fsp3) is 0.562. The van der Waals surface area contributed by atoms with Gasteiger partial charge in [-0.25, -0.2) is 4.79 Å². The minimum Gasteiger partial charge on any atom is -0.492 e. The number of hydrogen-bond donors (Lipinski definition) is 2. The van der Waals surface area contributed by atoms with Crippen molar-refractivity contribution >= 4 is 6.03 Å². The highest BCUT2D eigenvalue weighted by molar-refractivity contribution is 5.74. The summed E-state index contributed by atoms with van der Waals surface area (Å²) < 4.78 is 5.65. The topological polar surface area (TPSA) is 53.6 Å². The summed E-state index contributed by atoms with van der Waals surface area (Å²) in [5.74, 6) is 0.828. The molecule has 0 heterocycles. The van der Waals surface area contributed by atoms with Gasteiger partial charge in [-0.3, -0.25) is 0 Å². The van der Waals surface area contributed by atoms with Crippen molar-refractivity contribution in [2.75, 3.05) is 32.8 Å². The number of likely N-dealkylation sites (N-methyl/N-ethyl adjacent to an activating group) is 1. The lowest BCUT2D eigenvalue weighted by molar-refractivity contribution is 0.166. The second-order valence-electron chi connectivity index (χ2n) is 5.03. The van der Waals surface area contributed by atoms with E-state index in [1.54, 1.807) is 4.90 Å². The van der Waals surface area contributed by atoms with Crippen molar-refractivity contribution in [3.8, 4) is 5.75 Å². The van der Waals surface area contributed by atoms with Gasteiger partial charge < -0.3 is 20.3 Å². The molecule has 0 saturated carbocycles. The number of amides is 2. The number of para-hydroxylation sites is 1. The first-order valence-corrected chi connectivity index (χ1v) is 7.58. The Bertz CT molecular complexity index is 396. The normalized spacial score (nSPS) is 10.5. The zero-order chi connectivity index (χ0) is 15.5. The molecule has 1 rings (SSSR count). The van der Waals surface area contributed by atoms with Crippen molar-refractivity contribution < 1.29 is 9.53 Å². The molecule has 0 bridgehead atoms. The number of ether oxygens (including phenoxy) is 1. The number of nitrogens with zero attached hydrogens (tertiary/aromatic N) is 1. The summed E-state index contributed by atoms with van der Waals surface area (Å²) in [6.45, 7) is 9.45. The van der Waals surface area contributed by atoms with Crippen molar-refractivity contribution in [2.45, 2.75) is 26.8 Å². The molecule has 0 aliphatic rings. The Morgan fingerprint density at radius 3 is 2.57 bits per heavy atom. The van der Waals surface area contributed by atoms with Gasteiger partial charge in [-0.1, -0.05) is 25.1 Å². The average Bonchev–Trinajstić information content (AvgIpc) is 2.48. The Labute approximate surface area is 127 Å². The summed E-state index contributed by atoms with van der Waals surface area (Å²) in [4.78, 5) is 13.9. The lowest BCUT2D eigenvalue weighted by Crippen LogP contribution is -2.47. The minimum absolute atomic E-state index is 0.0421. The predicted molar refractivity (Wildman–Crippen MR) is 85.7 cm³/mol. The molecule has 2 N–H and O–H groups in total. The van der Waals surface area contributed by atoms with Gasteiger partial charge in [0.05, 0.1) is 6.54 Å². The molecule has 0 radical (unpaired) electrons. The molecule has 1 aromatic carbocycles. The van der Waals surface area contributed by atoms with Gasteiger partial charge in [0.25, 0.3) is 0 Å². The number of benzene rings is 1. The third-order valence-electron chi connectivity index (χ3n) is 3.06. The van der Waals surface area contributed by atoms with Gasteiger partial charge in [0.1, 0.15) is 12.4 Å². The standard InChI is InChI=1S/C16H27N3O2/c1-4-17-10-11-18-16(20)19(14(2)3)12-13-21-15-8-6-5-7-9-15/h5-9,14,17H,4,10-13H2,1-3H3,(H,18,20). The Balaban J connectivity index is 2.33. The third kappa shape index (κ3) is 6.99. The van der Waals surface area contributed by atoms with Gasteiger partial charge in [0.2, 0.25) is 0 Å². The second-order valence-corrected chi connectivity index (χ2v) is 5.03. The number of hydrogen-bond acceptors (Lipinski definition) is 3. The number of urea groups is 1. The van der Waals surface area contributed by atoms with E-state index < -0.39 is 0 Å². The van der Waals surface area contributed by atoms with E-state index in [0.717, 1.165) is 18.8 Å². The molecular formula is C16H27N3O2. The van der Waals surface area contributed by atoms with Crippen LogP contribution in [0.1, 0.15) is 20.8 Å². The monoisotopic (exact) mass is 293 g/mol. The van der Waals surface area contributed by atoms with Gasteiger partial charge >= 0.3 is 6.03 Å². The molecule has 0 aliphatic carbocycles. The molecule has 0 atom stereocenters. The summed E-state index contributed by atoms with van der Waals surface area (Å²) in [6.07, 6.45) is 0. The number of carbonyl (C=O) groups is 1. The first-order chi connectivity index (χ1) is 10.1. The van der Waals surface area contributed by atoms with Crippen LogP contribution in [0.15, 0.2) is 30.3 Å². The maximum atomic E-state index is 12.1. The van der Waals surface area contributed by atoms with Crippen LogP contribution in [0.5, 0.6) is 5.75 Å². The zero-order valence-corrected chi connectivity index (χ0v) is 13.3. The van der Waals surface area contributed by atoms with E-state index >= 15 is 0 Å². The van der Waals surface area contributed by atoms with E-state index in [-0.39, 0.29) is 12.1 Å². The van der Waals surface area contributed by atoms with Crippen LogP contribution < -0.4 is 15.4 Å². The van der Waals surface area contributed by atoms with E-state index in [4.69, 9.17) is 4.74 Å². The molecule has 0 aliphatic heterocycles. The van der Waals surface area contributed by atoms with Crippen molar-refractivity contribution in [3.63, 3.8) is 0 Å². The molecule has 5 nitrogen and oxygen atoms in total. The van der Waals surface area contributed by atoms with Crippen LogP contribution >= 0.6 is 0 Å². The van der Waals surface area contributed by atoms with E-state index in [9.17, 15) is 4.79 Å². The van der Waals surface area contributed by atoms with Crippen molar-refractivity contribution in [1.82, 2.24) is 15.5 Å². The highest BCUT2D eigenvalue weighted by Gasteiger charge is 2.16. The molecule has 118 valence electrons. The average molecular weight is 293 g/mol. The van der Waals surface area contributed by atoms with Crippen LogP contribution in [-0.2, 0) is 0 Å². The van der Waals surface area contributed by atoms with Crippen LogP contribution in [0, 0.1) is 0 Å². The zero-order valence-electron chi connectivity index (χ0n) is 13.3.